The zero-order valence-corrected chi connectivity index (χ0v) is 20.9. The van der Waals surface area contributed by atoms with Gasteiger partial charge in [-0.05, 0) is 61.2 Å². The zero-order valence-electron chi connectivity index (χ0n) is 20.9. The Bertz CT molecular complexity index is 1400. The van der Waals surface area contributed by atoms with Gasteiger partial charge in [-0.1, -0.05) is 36.4 Å². The van der Waals surface area contributed by atoms with Gasteiger partial charge in [0.15, 0.2) is 17.0 Å². The van der Waals surface area contributed by atoms with Crippen LogP contribution in [-0.4, -0.2) is 41.0 Å². The molecule has 2 fully saturated rings. The Morgan fingerprint density at radius 2 is 1.89 bits per heavy atom. The normalized spacial score (nSPS) is 25.7. The lowest BCUT2D eigenvalue weighted by Crippen LogP contribution is -2.55. The maximum atomic E-state index is 13.6. The van der Waals surface area contributed by atoms with E-state index in [4.69, 9.17) is 9.47 Å². The number of ether oxygens (including phenoxy) is 2. The van der Waals surface area contributed by atoms with E-state index in [1.807, 2.05) is 37.3 Å². The van der Waals surface area contributed by atoms with Crippen molar-refractivity contribution in [2.75, 3.05) is 18.5 Å². The van der Waals surface area contributed by atoms with E-state index in [0.717, 1.165) is 24.0 Å². The molecular weight excluding hydrogens is 489 g/mol. The van der Waals surface area contributed by atoms with Crippen molar-refractivity contribution in [3.05, 3.63) is 99.4 Å². The Morgan fingerprint density at radius 3 is 2.66 bits per heavy atom. The number of carbonyl (C=O) groups excluding carboxylic acids is 1. The molecule has 2 saturated heterocycles. The number of para-hydroxylation sites is 1. The molecule has 0 unspecified atom stereocenters. The quantitative estimate of drug-likeness (QED) is 0.356. The molecule has 3 aliphatic rings. The first kappa shape index (κ1) is 24.4. The third-order valence-electron chi connectivity index (χ3n) is 8.05. The Hall–Kier alpha value is -3.98. The highest BCUT2D eigenvalue weighted by Crippen LogP contribution is 2.58. The molecule has 38 heavy (non-hydrogen) atoms. The van der Waals surface area contributed by atoms with Crippen LogP contribution >= 0.6 is 0 Å². The molecule has 3 aromatic carbocycles. The SMILES string of the molecule is CCOc1cc([C@@H]2[C@@H]3CCCN3[C@]3(C(=O)Nc4ccccc43)[C@@H]2[N+](=O)[O-])ccc1OCc1ccc(F)cc1. The van der Waals surface area contributed by atoms with E-state index in [-0.39, 0.29) is 29.3 Å². The molecule has 1 N–H and O–H groups in total. The first-order valence-corrected chi connectivity index (χ1v) is 12.9. The molecule has 3 heterocycles. The molecule has 0 saturated carbocycles. The van der Waals surface area contributed by atoms with Crippen molar-refractivity contribution >= 4 is 11.6 Å². The molecule has 196 valence electrons. The molecule has 6 rings (SSSR count). The van der Waals surface area contributed by atoms with E-state index in [2.05, 4.69) is 10.2 Å². The second-order valence-corrected chi connectivity index (χ2v) is 9.98. The van der Waals surface area contributed by atoms with Crippen LogP contribution in [0.15, 0.2) is 66.7 Å². The van der Waals surface area contributed by atoms with E-state index >= 15 is 0 Å². The summed E-state index contributed by atoms with van der Waals surface area (Å²) in [5.74, 6) is -0.190. The Labute approximate surface area is 219 Å². The number of hydrogen-bond acceptors (Lipinski definition) is 6. The summed E-state index contributed by atoms with van der Waals surface area (Å²) in [6.45, 7) is 3.08. The lowest BCUT2D eigenvalue weighted by atomic mass is 9.77. The van der Waals surface area contributed by atoms with Gasteiger partial charge in [-0.3, -0.25) is 19.8 Å². The largest absolute Gasteiger partial charge is 0.490 e. The summed E-state index contributed by atoms with van der Waals surface area (Å²) in [7, 11) is 0. The molecule has 0 aliphatic carbocycles. The molecule has 1 spiro atoms. The Kier molecular flexibility index (Phi) is 6.03. The van der Waals surface area contributed by atoms with Gasteiger partial charge in [0.2, 0.25) is 0 Å². The highest BCUT2D eigenvalue weighted by Gasteiger charge is 2.73. The maximum absolute atomic E-state index is 13.6. The van der Waals surface area contributed by atoms with Gasteiger partial charge in [0.05, 0.1) is 12.5 Å². The van der Waals surface area contributed by atoms with Gasteiger partial charge in [0.1, 0.15) is 12.4 Å². The van der Waals surface area contributed by atoms with Gasteiger partial charge < -0.3 is 14.8 Å². The third-order valence-corrected chi connectivity index (χ3v) is 8.05. The standard InChI is InChI=1S/C29H28FN3O5/c1-2-37-25-16-19(11-14-24(25)38-17-18-9-12-20(30)13-10-18)26-23-8-5-15-32(23)29(27(26)33(35)36)21-6-3-4-7-22(21)31-28(29)34/h3-4,6-7,9-14,16,23,26-27H,2,5,8,15,17H2,1H3,(H,31,34)/t23-,26+,27+,29-/m0/s1. The summed E-state index contributed by atoms with van der Waals surface area (Å²) in [5.41, 5.74) is 1.49. The minimum absolute atomic E-state index is 0.164. The predicted molar refractivity (Wildman–Crippen MR) is 138 cm³/mol. The maximum Gasteiger partial charge on any atom is 0.256 e. The van der Waals surface area contributed by atoms with Crippen molar-refractivity contribution in [1.29, 1.82) is 0 Å². The van der Waals surface area contributed by atoms with Crippen molar-refractivity contribution in [2.45, 2.75) is 49.9 Å². The molecule has 9 heteroatoms. The number of amides is 1. The lowest BCUT2D eigenvalue weighted by Gasteiger charge is -2.32. The number of rotatable bonds is 7. The molecule has 3 aromatic rings. The van der Waals surface area contributed by atoms with Crippen molar-refractivity contribution in [1.82, 2.24) is 4.90 Å². The van der Waals surface area contributed by atoms with E-state index in [1.165, 1.54) is 12.1 Å². The summed E-state index contributed by atoms with van der Waals surface area (Å²) >= 11 is 0. The van der Waals surface area contributed by atoms with Crippen LogP contribution in [0.4, 0.5) is 10.1 Å². The molecule has 0 aromatic heterocycles. The summed E-state index contributed by atoms with van der Waals surface area (Å²) in [5, 5.41) is 15.7. The highest BCUT2D eigenvalue weighted by atomic mass is 19.1. The van der Waals surface area contributed by atoms with Crippen LogP contribution in [0.25, 0.3) is 0 Å². The number of benzene rings is 3. The van der Waals surface area contributed by atoms with Crippen LogP contribution in [0.5, 0.6) is 11.5 Å². The van der Waals surface area contributed by atoms with Gasteiger partial charge >= 0.3 is 0 Å². The fourth-order valence-electron chi connectivity index (χ4n) is 6.64. The van der Waals surface area contributed by atoms with Crippen LogP contribution < -0.4 is 14.8 Å². The van der Waals surface area contributed by atoms with Crippen LogP contribution in [0.2, 0.25) is 0 Å². The molecule has 1 amide bonds. The Balaban J connectivity index is 1.40. The van der Waals surface area contributed by atoms with Gasteiger partial charge in [-0.15, -0.1) is 0 Å². The number of hydrogen-bond donors (Lipinski definition) is 1. The van der Waals surface area contributed by atoms with E-state index in [9.17, 15) is 19.3 Å². The average Bonchev–Trinajstić information content (AvgIpc) is 3.57. The number of nitro groups is 1. The van der Waals surface area contributed by atoms with Crippen molar-refractivity contribution < 1.29 is 23.6 Å². The van der Waals surface area contributed by atoms with Crippen LogP contribution in [-0.2, 0) is 16.9 Å². The fourth-order valence-corrected chi connectivity index (χ4v) is 6.64. The molecular formula is C29H28FN3O5. The number of nitrogens with zero attached hydrogens (tertiary/aromatic N) is 2. The first-order chi connectivity index (χ1) is 18.4. The number of carbonyl (C=O) groups is 1. The van der Waals surface area contributed by atoms with Gasteiger partial charge in [-0.2, -0.15) is 0 Å². The van der Waals surface area contributed by atoms with E-state index < -0.39 is 17.5 Å². The van der Waals surface area contributed by atoms with Gasteiger partial charge in [0, 0.05) is 28.8 Å². The topological polar surface area (TPSA) is 93.9 Å². The third kappa shape index (κ3) is 3.64. The first-order valence-electron chi connectivity index (χ1n) is 12.9. The molecule has 4 atom stereocenters. The summed E-state index contributed by atoms with van der Waals surface area (Å²) in [6.07, 6.45) is 1.62. The zero-order chi connectivity index (χ0) is 26.4. The minimum Gasteiger partial charge on any atom is -0.490 e. The number of anilines is 1. The van der Waals surface area contributed by atoms with Crippen molar-refractivity contribution in [2.24, 2.45) is 0 Å². The molecule has 0 radical (unpaired) electrons. The van der Waals surface area contributed by atoms with Crippen molar-refractivity contribution in [3.63, 3.8) is 0 Å². The second-order valence-electron chi connectivity index (χ2n) is 9.98. The fraction of sp³-hybridized carbons (Fsp3) is 0.345. The second kappa shape index (κ2) is 9.40. The van der Waals surface area contributed by atoms with Gasteiger partial charge in [-0.25, -0.2) is 4.39 Å². The summed E-state index contributed by atoms with van der Waals surface area (Å²) < 4.78 is 25.2. The van der Waals surface area contributed by atoms with Crippen LogP contribution in [0, 0.1) is 15.9 Å². The van der Waals surface area contributed by atoms with Crippen LogP contribution in [0.3, 0.4) is 0 Å². The highest BCUT2D eigenvalue weighted by molar-refractivity contribution is 6.07. The monoisotopic (exact) mass is 517 g/mol. The molecule has 0 bridgehead atoms. The number of halogens is 1. The molecule has 8 nitrogen and oxygen atoms in total. The van der Waals surface area contributed by atoms with Crippen LogP contribution in [0.1, 0.15) is 42.4 Å². The van der Waals surface area contributed by atoms with E-state index in [0.29, 0.717) is 35.9 Å². The summed E-state index contributed by atoms with van der Waals surface area (Å²) in [6, 6.07) is 17.5. The minimum atomic E-state index is -1.37. The van der Waals surface area contributed by atoms with E-state index in [1.54, 1.807) is 24.3 Å². The predicted octanol–water partition coefficient (Wildman–Crippen LogP) is 4.86. The number of nitrogens with one attached hydrogen (secondary N) is 1. The van der Waals surface area contributed by atoms with Crippen molar-refractivity contribution in [3.8, 4) is 11.5 Å². The average molecular weight is 518 g/mol. The smallest absolute Gasteiger partial charge is 0.256 e. The summed E-state index contributed by atoms with van der Waals surface area (Å²) in [4.78, 5) is 28.2. The number of fused-ring (bicyclic) bond motifs is 4. The van der Waals surface area contributed by atoms with Gasteiger partial charge in [0.25, 0.3) is 11.9 Å². The Morgan fingerprint density at radius 1 is 1.11 bits per heavy atom. The molecule has 3 aliphatic heterocycles. The lowest BCUT2D eigenvalue weighted by molar-refractivity contribution is -0.534.